The Kier molecular flexibility index (Phi) is 8.47. The number of benzene rings is 3. The zero-order valence-electron chi connectivity index (χ0n) is 19.2. The molecule has 0 unspecified atom stereocenters. The first-order valence-corrected chi connectivity index (χ1v) is 10.8. The van der Waals surface area contributed by atoms with Gasteiger partial charge in [0, 0.05) is 5.69 Å². The van der Waals surface area contributed by atoms with Crippen LogP contribution in [0.25, 0.3) is 6.08 Å². The van der Waals surface area contributed by atoms with Crippen molar-refractivity contribution in [3.8, 4) is 11.8 Å². The Morgan fingerprint density at radius 2 is 1.72 bits per heavy atom. The predicted molar refractivity (Wildman–Crippen MR) is 129 cm³/mol. The Labute approximate surface area is 206 Å². The molecule has 0 fully saturated rings. The predicted octanol–water partition coefficient (Wildman–Crippen LogP) is 5.51. The summed E-state index contributed by atoms with van der Waals surface area (Å²) in [7, 11) is 0. The summed E-state index contributed by atoms with van der Waals surface area (Å²) in [5.74, 6) is -0.740. The summed E-state index contributed by atoms with van der Waals surface area (Å²) >= 11 is 0. The number of carbonyl (C=O) groups excluding carboxylic acids is 2. The van der Waals surface area contributed by atoms with E-state index >= 15 is 0 Å². The van der Waals surface area contributed by atoms with Crippen molar-refractivity contribution >= 4 is 23.6 Å². The molecule has 36 heavy (non-hydrogen) atoms. The zero-order valence-corrected chi connectivity index (χ0v) is 19.2. The van der Waals surface area contributed by atoms with E-state index in [2.05, 4.69) is 10.6 Å². The molecule has 0 heterocycles. The number of anilines is 1. The van der Waals surface area contributed by atoms with Crippen LogP contribution < -0.4 is 15.4 Å². The average molecular weight is 493 g/mol. The minimum absolute atomic E-state index is 0.0837. The van der Waals surface area contributed by atoms with Crippen LogP contribution in [0.4, 0.5) is 18.9 Å². The fraction of sp³-hybridized carbons (Fsp3) is 0.148. The molecule has 0 saturated carbocycles. The van der Waals surface area contributed by atoms with Crippen molar-refractivity contribution in [2.45, 2.75) is 19.1 Å². The first kappa shape index (κ1) is 26.0. The monoisotopic (exact) mass is 493 g/mol. The topological polar surface area (TPSA) is 91.2 Å². The van der Waals surface area contributed by atoms with Gasteiger partial charge in [0.25, 0.3) is 11.8 Å². The number of nitrogens with one attached hydrogen (secondary N) is 2. The number of alkyl halides is 3. The number of ether oxygens (including phenoxy) is 1. The van der Waals surface area contributed by atoms with Gasteiger partial charge in [0.1, 0.15) is 17.4 Å². The molecule has 3 aromatic rings. The molecule has 3 rings (SSSR count). The lowest BCUT2D eigenvalue weighted by molar-refractivity contribution is -0.137. The molecular formula is C27H22F3N3O3. The summed E-state index contributed by atoms with van der Waals surface area (Å²) in [6.07, 6.45) is -3.26. The number of nitriles is 1. The Morgan fingerprint density at radius 3 is 2.36 bits per heavy atom. The molecule has 2 amide bonds. The van der Waals surface area contributed by atoms with E-state index in [1.54, 1.807) is 30.3 Å². The fourth-order valence-corrected chi connectivity index (χ4v) is 3.20. The van der Waals surface area contributed by atoms with Gasteiger partial charge in [0.15, 0.2) is 6.61 Å². The van der Waals surface area contributed by atoms with Crippen LogP contribution in [-0.2, 0) is 15.8 Å². The highest BCUT2D eigenvalue weighted by atomic mass is 19.4. The molecule has 3 aromatic carbocycles. The normalized spacial score (nSPS) is 12.2. The number of hydrogen-bond acceptors (Lipinski definition) is 4. The van der Waals surface area contributed by atoms with Gasteiger partial charge < -0.3 is 15.4 Å². The first-order valence-electron chi connectivity index (χ1n) is 10.8. The highest BCUT2D eigenvalue weighted by Crippen LogP contribution is 2.30. The fourth-order valence-electron chi connectivity index (χ4n) is 3.20. The van der Waals surface area contributed by atoms with Gasteiger partial charge in [0.05, 0.1) is 11.6 Å². The van der Waals surface area contributed by atoms with Crippen molar-refractivity contribution in [2.24, 2.45) is 0 Å². The van der Waals surface area contributed by atoms with Crippen molar-refractivity contribution in [3.63, 3.8) is 0 Å². The van der Waals surface area contributed by atoms with Crippen LogP contribution in [0.5, 0.6) is 5.75 Å². The van der Waals surface area contributed by atoms with E-state index in [0.717, 1.165) is 23.8 Å². The number of rotatable bonds is 8. The maximum absolute atomic E-state index is 12.9. The molecule has 9 heteroatoms. The molecular weight excluding hydrogens is 471 g/mol. The van der Waals surface area contributed by atoms with Crippen molar-refractivity contribution < 1.29 is 27.5 Å². The van der Waals surface area contributed by atoms with Crippen LogP contribution in [0.3, 0.4) is 0 Å². The van der Waals surface area contributed by atoms with Crippen molar-refractivity contribution in [1.82, 2.24) is 5.32 Å². The SMILES string of the molecule is C[C@@H](NC(=O)COc1ccc(/C=C(\C#N)C(=O)Nc2cccc(C(F)(F)F)c2)cc1)c1ccccc1. The number of hydrogen-bond donors (Lipinski definition) is 2. The van der Waals surface area contributed by atoms with E-state index in [-0.39, 0.29) is 29.8 Å². The Bertz CT molecular complexity index is 1280. The molecule has 0 saturated heterocycles. The second-order valence-corrected chi connectivity index (χ2v) is 7.76. The summed E-state index contributed by atoms with van der Waals surface area (Å²) in [4.78, 5) is 24.6. The minimum atomic E-state index is -4.56. The maximum atomic E-state index is 12.9. The Hall–Kier alpha value is -4.58. The van der Waals surface area contributed by atoms with E-state index in [1.165, 1.54) is 12.1 Å². The third-order valence-electron chi connectivity index (χ3n) is 5.05. The van der Waals surface area contributed by atoms with Crippen LogP contribution >= 0.6 is 0 Å². The molecule has 0 bridgehead atoms. The first-order chi connectivity index (χ1) is 17.2. The van der Waals surface area contributed by atoms with Gasteiger partial charge in [-0.25, -0.2) is 0 Å². The smallest absolute Gasteiger partial charge is 0.416 e. The highest BCUT2D eigenvalue weighted by Gasteiger charge is 2.30. The third-order valence-corrected chi connectivity index (χ3v) is 5.05. The number of carbonyl (C=O) groups is 2. The summed E-state index contributed by atoms with van der Waals surface area (Å²) in [6, 6.07) is 21.5. The molecule has 1 atom stereocenters. The number of nitrogens with zero attached hydrogens (tertiary/aromatic N) is 1. The lowest BCUT2D eigenvalue weighted by Crippen LogP contribution is -2.31. The molecule has 0 radical (unpaired) electrons. The molecule has 0 spiro atoms. The summed E-state index contributed by atoms with van der Waals surface area (Å²) < 4.78 is 44.1. The van der Waals surface area contributed by atoms with Gasteiger partial charge in [-0.2, -0.15) is 18.4 Å². The third kappa shape index (κ3) is 7.46. The van der Waals surface area contributed by atoms with Gasteiger partial charge in [-0.3, -0.25) is 9.59 Å². The van der Waals surface area contributed by atoms with E-state index in [4.69, 9.17) is 4.74 Å². The zero-order chi connectivity index (χ0) is 26.1. The van der Waals surface area contributed by atoms with E-state index in [1.807, 2.05) is 37.3 Å². The standard InChI is InChI=1S/C27H22F3N3O3/c1-18(20-6-3-2-4-7-20)32-25(34)17-36-24-12-10-19(11-13-24)14-21(16-31)26(35)33-23-9-5-8-22(15-23)27(28,29)30/h2-15,18H,17H2,1H3,(H,32,34)(H,33,35)/b21-14+/t18-/m1/s1. The lowest BCUT2D eigenvalue weighted by atomic mass is 10.1. The highest BCUT2D eigenvalue weighted by molar-refractivity contribution is 6.09. The second-order valence-electron chi connectivity index (χ2n) is 7.76. The average Bonchev–Trinajstić information content (AvgIpc) is 2.86. The maximum Gasteiger partial charge on any atom is 0.416 e. The van der Waals surface area contributed by atoms with Crippen LogP contribution in [0.15, 0.2) is 84.4 Å². The summed E-state index contributed by atoms with van der Waals surface area (Å²) in [5.41, 5.74) is 0.157. The van der Waals surface area contributed by atoms with Crippen molar-refractivity contribution in [3.05, 3.63) is 101 Å². The lowest BCUT2D eigenvalue weighted by Gasteiger charge is -2.14. The van der Waals surface area contributed by atoms with Crippen LogP contribution in [0.1, 0.15) is 29.7 Å². The quantitative estimate of drug-likeness (QED) is 0.320. The molecule has 6 nitrogen and oxygen atoms in total. The molecule has 0 aliphatic heterocycles. The van der Waals surface area contributed by atoms with Gasteiger partial charge in [-0.15, -0.1) is 0 Å². The molecule has 0 aromatic heterocycles. The van der Waals surface area contributed by atoms with E-state index < -0.39 is 17.6 Å². The number of halogens is 3. The van der Waals surface area contributed by atoms with E-state index in [9.17, 15) is 28.0 Å². The van der Waals surface area contributed by atoms with Gasteiger partial charge in [-0.1, -0.05) is 48.5 Å². The van der Waals surface area contributed by atoms with Gasteiger partial charge in [0.2, 0.25) is 0 Å². The molecule has 2 N–H and O–H groups in total. The van der Waals surface area contributed by atoms with Crippen molar-refractivity contribution in [1.29, 1.82) is 5.26 Å². The second kappa shape index (κ2) is 11.7. The van der Waals surface area contributed by atoms with Gasteiger partial charge in [-0.05, 0) is 54.5 Å². The van der Waals surface area contributed by atoms with Crippen LogP contribution in [0, 0.1) is 11.3 Å². The Morgan fingerprint density at radius 1 is 1.03 bits per heavy atom. The van der Waals surface area contributed by atoms with Gasteiger partial charge >= 0.3 is 6.18 Å². The number of amides is 2. The summed E-state index contributed by atoms with van der Waals surface area (Å²) in [5, 5.41) is 14.5. The minimum Gasteiger partial charge on any atom is -0.484 e. The molecule has 184 valence electrons. The van der Waals surface area contributed by atoms with Crippen molar-refractivity contribution in [2.75, 3.05) is 11.9 Å². The molecule has 0 aliphatic rings. The largest absolute Gasteiger partial charge is 0.484 e. The Balaban J connectivity index is 1.57. The van der Waals surface area contributed by atoms with E-state index in [0.29, 0.717) is 11.3 Å². The van der Waals surface area contributed by atoms with Crippen LogP contribution in [-0.4, -0.2) is 18.4 Å². The van der Waals surface area contributed by atoms with Crippen LogP contribution in [0.2, 0.25) is 0 Å². The summed E-state index contributed by atoms with van der Waals surface area (Å²) in [6.45, 7) is 1.67. The molecule has 0 aliphatic carbocycles.